The molecule has 110 valence electrons. The molecule has 0 radical (unpaired) electrons. The van der Waals surface area contributed by atoms with Gasteiger partial charge in [0.1, 0.15) is 0 Å². The number of nitrogens with one attached hydrogen (secondary N) is 1. The fourth-order valence-corrected chi connectivity index (χ4v) is 3.42. The molecular formula is C15H29N3O. The van der Waals surface area contributed by atoms with Crippen LogP contribution in [0.25, 0.3) is 0 Å². The van der Waals surface area contributed by atoms with E-state index in [9.17, 15) is 4.79 Å². The van der Waals surface area contributed by atoms with E-state index >= 15 is 0 Å². The lowest BCUT2D eigenvalue weighted by Crippen LogP contribution is -2.37. The monoisotopic (exact) mass is 267 g/mol. The van der Waals surface area contributed by atoms with E-state index in [0.29, 0.717) is 11.8 Å². The molecule has 0 aromatic heterocycles. The molecule has 0 spiro atoms. The van der Waals surface area contributed by atoms with Crippen molar-refractivity contribution < 1.29 is 4.79 Å². The molecule has 1 aliphatic carbocycles. The van der Waals surface area contributed by atoms with E-state index in [1.54, 1.807) is 0 Å². The van der Waals surface area contributed by atoms with Crippen LogP contribution in [0.1, 0.15) is 39.0 Å². The van der Waals surface area contributed by atoms with Crippen LogP contribution in [0.2, 0.25) is 0 Å². The normalized spacial score (nSPS) is 32.4. The van der Waals surface area contributed by atoms with Gasteiger partial charge >= 0.3 is 0 Å². The van der Waals surface area contributed by atoms with Gasteiger partial charge in [0.15, 0.2) is 0 Å². The van der Waals surface area contributed by atoms with Crippen molar-refractivity contribution in [3.8, 4) is 0 Å². The summed E-state index contributed by atoms with van der Waals surface area (Å²) in [6, 6.07) is 0. The number of likely N-dealkylation sites (tertiary alicyclic amines) is 1. The molecule has 4 nitrogen and oxygen atoms in total. The average molecular weight is 267 g/mol. The molecule has 19 heavy (non-hydrogen) atoms. The van der Waals surface area contributed by atoms with E-state index in [2.05, 4.69) is 17.1 Å². The summed E-state index contributed by atoms with van der Waals surface area (Å²) in [6.07, 6.45) is 5.54. The van der Waals surface area contributed by atoms with Gasteiger partial charge in [-0.2, -0.15) is 0 Å². The second-order valence-corrected chi connectivity index (χ2v) is 6.25. The van der Waals surface area contributed by atoms with Crippen LogP contribution < -0.4 is 11.1 Å². The van der Waals surface area contributed by atoms with Gasteiger partial charge in [0.05, 0.1) is 0 Å². The minimum Gasteiger partial charge on any atom is -0.356 e. The SMILES string of the molecule is CCN1CCC(CNC(=O)C2CCC(CN)CC2)C1. The third-order valence-corrected chi connectivity index (χ3v) is 4.93. The molecule has 2 fully saturated rings. The summed E-state index contributed by atoms with van der Waals surface area (Å²) in [7, 11) is 0. The van der Waals surface area contributed by atoms with Gasteiger partial charge in [0, 0.05) is 19.0 Å². The summed E-state index contributed by atoms with van der Waals surface area (Å²) in [4.78, 5) is 14.6. The molecule has 1 unspecified atom stereocenters. The van der Waals surface area contributed by atoms with Crippen LogP contribution in [-0.2, 0) is 4.79 Å². The number of hydrogen-bond donors (Lipinski definition) is 2. The predicted octanol–water partition coefficient (Wildman–Crippen LogP) is 1.21. The zero-order valence-corrected chi connectivity index (χ0v) is 12.2. The fraction of sp³-hybridized carbons (Fsp3) is 0.933. The van der Waals surface area contributed by atoms with Crippen LogP contribution in [0, 0.1) is 17.8 Å². The highest BCUT2D eigenvalue weighted by molar-refractivity contribution is 5.78. The quantitative estimate of drug-likeness (QED) is 0.787. The van der Waals surface area contributed by atoms with Gasteiger partial charge in [-0.1, -0.05) is 6.92 Å². The summed E-state index contributed by atoms with van der Waals surface area (Å²) in [5.74, 6) is 1.83. The maximum Gasteiger partial charge on any atom is 0.223 e. The number of carbonyl (C=O) groups excluding carboxylic acids is 1. The van der Waals surface area contributed by atoms with Crippen molar-refractivity contribution in [3.05, 3.63) is 0 Å². The Labute approximate surface area is 117 Å². The van der Waals surface area contributed by atoms with Gasteiger partial charge in [-0.25, -0.2) is 0 Å². The van der Waals surface area contributed by atoms with Crippen molar-refractivity contribution in [2.75, 3.05) is 32.7 Å². The Hall–Kier alpha value is -0.610. The lowest BCUT2D eigenvalue weighted by atomic mass is 9.81. The standard InChI is InChI=1S/C15H29N3O/c1-2-18-8-7-13(11-18)10-17-15(19)14-5-3-12(9-16)4-6-14/h12-14H,2-11,16H2,1H3,(H,17,19). The highest BCUT2D eigenvalue weighted by atomic mass is 16.1. The predicted molar refractivity (Wildman–Crippen MR) is 77.7 cm³/mol. The molecule has 2 rings (SSSR count). The summed E-state index contributed by atoms with van der Waals surface area (Å²) in [6.45, 7) is 7.33. The Morgan fingerprint density at radius 1 is 1.21 bits per heavy atom. The van der Waals surface area contributed by atoms with E-state index < -0.39 is 0 Å². The van der Waals surface area contributed by atoms with E-state index in [1.165, 1.54) is 13.0 Å². The lowest BCUT2D eigenvalue weighted by molar-refractivity contribution is -0.126. The third kappa shape index (κ3) is 4.18. The van der Waals surface area contributed by atoms with E-state index in [4.69, 9.17) is 5.73 Å². The Morgan fingerprint density at radius 3 is 2.53 bits per heavy atom. The summed E-state index contributed by atoms with van der Waals surface area (Å²) in [5.41, 5.74) is 5.69. The van der Waals surface area contributed by atoms with Crippen molar-refractivity contribution in [1.29, 1.82) is 0 Å². The van der Waals surface area contributed by atoms with Gasteiger partial charge in [-0.15, -0.1) is 0 Å². The molecule has 0 aromatic carbocycles. The average Bonchev–Trinajstić information content (AvgIpc) is 2.93. The number of amides is 1. The first-order chi connectivity index (χ1) is 9.22. The lowest BCUT2D eigenvalue weighted by Gasteiger charge is -2.27. The Morgan fingerprint density at radius 2 is 1.95 bits per heavy atom. The van der Waals surface area contributed by atoms with E-state index in [0.717, 1.165) is 51.9 Å². The maximum absolute atomic E-state index is 12.1. The zero-order valence-electron chi connectivity index (χ0n) is 12.2. The van der Waals surface area contributed by atoms with Crippen molar-refractivity contribution in [2.45, 2.75) is 39.0 Å². The molecule has 1 heterocycles. The summed E-state index contributed by atoms with van der Waals surface area (Å²) >= 11 is 0. The Balaban J connectivity index is 1.65. The summed E-state index contributed by atoms with van der Waals surface area (Å²) in [5, 5.41) is 3.17. The van der Waals surface area contributed by atoms with E-state index in [-0.39, 0.29) is 11.8 Å². The van der Waals surface area contributed by atoms with Crippen molar-refractivity contribution in [2.24, 2.45) is 23.5 Å². The third-order valence-electron chi connectivity index (χ3n) is 4.93. The zero-order chi connectivity index (χ0) is 13.7. The topological polar surface area (TPSA) is 58.4 Å². The highest BCUT2D eigenvalue weighted by Gasteiger charge is 2.27. The number of rotatable bonds is 5. The van der Waals surface area contributed by atoms with Gasteiger partial charge in [0.25, 0.3) is 0 Å². The van der Waals surface area contributed by atoms with Gasteiger partial charge in [0.2, 0.25) is 5.91 Å². The highest BCUT2D eigenvalue weighted by Crippen LogP contribution is 2.28. The molecule has 0 bridgehead atoms. The van der Waals surface area contributed by atoms with Crippen LogP contribution in [-0.4, -0.2) is 43.5 Å². The largest absolute Gasteiger partial charge is 0.356 e. The first-order valence-corrected chi connectivity index (χ1v) is 7.93. The van der Waals surface area contributed by atoms with Crippen LogP contribution >= 0.6 is 0 Å². The number of nitrogens with two attached hydrogens (primary N) is 1. The molecule has 3 N–H and O–H groups in total. The van der Waals surface area contributed by atoms with Gasteiger partial charge in [-0.3, -0.25) is 4.79 Å². The fourth-order valence-electron chi connectivity index (χ4n) is 3.42. The molecule has 1 aliphatic heterocycles. The molecule has 0 aromatic rings. The molecule has 2 aliphatic rings. The van der Waals surface area contributed by atoms with Crippen molar-refractivity contribution in [1.82, 2.24) is 10.2 Å². The number of carbonyl (C=O) groups is 1. The smallest absolute Gasteiger partial charge is 0.223 e. The molecule has 1 saturated heterocycles. The summed E-state index contributed by atoms with van der Waals surface area (Å²) < 4.78 is 0. The van der Waals surface area contributed by atoms with Crippen LogP contribution in [0.5, 0.6) is 0 Å². The van der Waals surface area contributed by atoms with E-state index in [1.807, 2.05) is 0 Å². The Bertz CT molecular complexity index is 287. The molecular weight excluding hydrogens is 238 g/mol. The minimum absolute atomic E-state index is 0.242. The second-order valence-electron chi connectivity index (χ2n) is 6.25. The van der Waals surface area contributed by atoms with Crippen molar-refractivity contribution in [3.63, 3.8) is 0 Å². The molecule has 1 saturated carbocycles. The van der Waals surface area contributed by atoms with Gasteiger partial charge < -0.3 is 16.0 Å². The first-order valence-electron chi connectivity index (χ1n) is 7.93. The van der Waals surface area contributed by atoms with Crippen LogP contribution in [0.3, 0.4) is 0 Å². The molecule has 4 heteroatoms. The number of nitrogens with zero attached hydrogens (tertiary/aromatic N) is 1. The second kappa shape index (κ2) is 7.25. The number of hydrogen-bond acceptors (Lipinski definition) is 3. The minimum atomic E-state index is 0.242. The maximum atomic E-state index is 12.1. The Kier molecular flexibility index (Phi) is 5.64. The van der Waals surface area contributed by atoms with Crippen LogP contribution in [0.15, 0.2) is 0 Å². The molecule has 1 amide bonds. The van der Waals surface area contributed by atoms with Crippen molar-refractivity contribution >= 4 is 5.91 Å². The molecule has 1 atom stereocenters. The first kappa shape index (κ1) is 14.8. The van der Waals surface area contributed by atoms with Crippen LogP contribution in [0.4, 0.5) is 0 Å². The van der Waals surface area contributed by atoms with Gasteiger partial charge in [-0.05, 0) is 63.6 Å².